The fourth-order valence-electron chi connectivity index (χ4n) is 4.94. The Morgan fingerprint density at radius 2 is 1.73 bits per heavy atom. The van der Waals surface area contributed by atoms with E-state index in [9.17, 15) is 19.2 Å². The Bertz CT molecular complexity index is 1670. The molecule has 0 radical (unpaired) electrons. The number of amides is 3. The average Bonchev–Trinajstić information content (AvgIpc) is 3.31. The van der Waals surface area contributed by atoms with Crippen molar-refractivity contribution in [1.82, 2.24) is 20.6 Å². The molecule has 3 amide bonds. The van der Waals surface area contributed by atoms with Gasteiger partial charge in [-0.05, 0) is 75.7 Å². The van der Waals surface area contributed by atoms with E-state index < -0.39 is 29.9 Å². The lowest BCUT2D eigenvalue weighted by molar-refractivity contribution is -0.139. The summed E-state index contributed by atoms with van der Waals surface area (Å²) < 4.78 is 23.1. The lowest BCUT2D eigenvalue weighted by atomic mass is 9.95. The highest BCUT2D eigenvalue weighted by atomic mass is 16.5. The van der Waals surface area contributed by atoms with Gasteiger partial charge in [0.2, 0.25) is 0 Å². The van der Waals surface area contributed by atoms with E-state index in [0.29, 0.717) is 22.6 Å². The van der Waals surface area contributed by atoms with Gasteiger partial charge in [-0.15, -0.1) is 0 Å². The molecule has 3 aromatic rings. The molecule has 2 aromatic carbocycles. The quantitative estimate of drug-likeness (QED) is 0.167. The van der Waals surface area contributed by atoms with Crippen molar-refractivity contribution in [1.29, 1.82) is 0 Å². The number of carbonyl (C=O) groups is 4. The van der Waals surface area contributed by atoms with Gasteiger partial charge >= 0.3 is 18.0 Å². The molecule has 1 aliphatic heterocycles. The number of aryl methyl sites for hydroxylation is 1. The van der Waals surface area contributed by atoms with Crippen LogP contribution in [0, 0.1) is 13.8 Å². The number of urea groups is 1. The van der Waals surface area contributed by atoms with E-state index >= 15 is 0 Å². The minimum absolute atomic E-state index is 0.179. The predicted molar refractivity (Wildman–Crippen MR) is 165 cm³/mol. The van der Waals surface area contributed by atoms with Gasteiger partial charge in [-0.25, -0.2) is 19.8 Å². The number of nitrogens with one attached hydrogen (secondary N) is 3. The maximum atomic E-state index is 12.6. The van der Waals surface area contributed by atoms with Gasteiger partial charge in [0.15, 0.2) is 18.1 Å². The normalized spacial score (nSPS) is 14.4. The fourth-order valence-corrected chi connectivity index (χ4v) is 4.94. The van der Waals surface area contributed by atoms with Gasteiger partial charge in [-0.3, -0.25) is 4.79 Å². The standard InChI is InChI=1S/C32H35N5O8/c1-7-44-31(40)28-19(3)34-32(41)35-29(28)22-10-13-25(26(15-22)42-5)45-17-27(38)36-33-16-23-14-18(2)37(20(23)4)24-11-8-21(9-12-24)30(39)43-6/h8-16,29H,7,17H2,1-6H3,(H,36,38)(H2,34,35,41)/b33-16-/t29-/m1/s1. The first-order chi connectivity index (χ1) is 21.6. The Labute approximate surface area is 260 Å². The summed E-state index contributed by atoms with van der Waals surface area (Å²) in [4.78, 5) is 49.0. The van der Waals surface area contributed by atoms with E-state index in [-0.39, 0.29) is 24.5 Å². The average molecular weight is 618 g/mol. The van der Waals surface area contributed by atoms with Crippen LogP contribution in [0.25, 0.3) is 5.69 Å². The molecule has 0 spiro atoms. The number of esters is 2. The zero-order chi connectivity index (χ0) is 32.7. The summed E-state index contributed by atoms with van der Waals surface area (Å²) in [5, 5.41) is 9.40. The second-order valence-corrected chi connectivity index (χ2v) is 9.98. The monoisotopic (exact) mass is 617 g/mol. The summed E-state index contributed by atoms with van der Waals surface area (Å²) in [6.45, 7) is 7.01. The van der Waals surface area contributed by atoms with E-state index in [0.717, 1.165) is 22.6 Å². The molecule has 0 bridgehead atoms. The topological polar surface area (TPSA) is 159 Å². The van der Waals surface area contributed by atoms with Crippen LogP contribution < -0.4 is 25.5 Å². The molecule has 3 N–H and O–H groups in total. The van der Waals surface area contributed by atoms with Crippen molar-refractivity contribution in [3.63, 3.8) is 0 Å². The van der Waals surface area contributed by atoms with Crippen molar-refractivity contribution in [2.75, 3.05) is 27.4 Å². The summed E-state index contributed by atoms with van der Waals surface area (Å²) in [7, 11) is 2.78. The lowest BCUT2D eigenvalue weighted by Gasteiger charge is -2.28. The highest BCUT2D eigenvalue weighted by Crippen LogP contribution is 2.34. The molecule has 13 heteroatoms. The highest BCUT2D eigenvalue weighted by Gasteiger charge is 2.32. The van der Waals surface area contributed by atoms with Crippen molar-refractivity contribution in [2.45, 2.75) is 33.7 Å². The Kier molecular flexibility index (Phi) is 10.2. The molecule has 1 aromatic heterocycles. The molecule has 1 atom stereocenters. The number of hydrogen-bond acceptors (Lipinski definition) is 9. The van der Waals surface area contributed by atoms with Crippen LogP contribution in [-0.2, 0) is 19.1 Å². The van der Waals surface area contributed by atoms with Crippen LogP contribution in [0.5, 0.6) is 11.5 Å². The Morgan fingerprint density at radius 1 is 1.00 bits per heavy atom. The van der Waals surface area contributed by atoms with E-state index in [4.69, 9.17) is 18.9 Å². The number of rotatable bonds is 11. The third-order valence-electron chi connectivity index (χ3n) is 7.05. The van der Waals surface area contributed by atoms with Crippen LogP contribution >= 0.6 is 0 Å². The van der Waals surface area contributed by atoms with Crippen LogP contribution in [0.1, 0.15) is 52.8 Å². The molecule has 4 rings (SSSR count). The van der Waals surface area contributed by atoms with Crippen molar-refractivity contribution < 1.29 is 38.1 Å². The van der Waals surface area contributed by atoms with Crippen molar-refractivity contribution in [3.8, 4) is 17.2 Å². The minimum atomic E-state index is -0.778. The number of allylic oxidation sites excluding steroid dienone is 1. The predicted octanol–water partition coefficient (Wildman–Crippen LogP) is 3.61. The molecule has 0 fully saturated rings. The van der Waals surface area contributed by atoms with Crippen molar-refractivity contribution in [3.05, 3.63) is 87.9 Å². The zero-order valence-corrected chi connectivity index (χ0v) is 25.8. The number of nitrogens with zero attached hydrogens (tertiary/aromatic N) is 2. The van der Waals surface area contributed by atoms with E-state index in [1.54, 1.807) is 50.4 Å². The molecular weight excluding hydrogens is 582 g/mol. The maximum Gasteiger partial charge on any atom is 0.338 e. The number of hydrogen-bond donors (Lipinski definition) is 3. The van der Waals surface area contributed by atoms with Gasteiger partial charge < -0.3 is 34.1 Å². The molecule has 0 aliphatic carbocycles. The largest absolute Gasteiger partial charge is 0.493 e. The van der Waals surface area contributed by atoms with Gasteiger partial charge in [0, 0.05) is 28.3 Å². The van der Waals surface area contributed by atoms with Crippen LogP contribution in [0.3, 0.4) is 0 Å². The second-order valence-electron chi connectivity index (χ2n) is 9.98. The number of methoxy groups -OCH3 is 2. The Hall–Kier alpha value is -5.59. The van der Waals surface area contributed by atoms with Gasteiger partial charge in [0.1, 0.15) is 0 Å². The van der Waals surface area contributed by atoms with Crippen molar-refractivity contribution >= 4 is 30.1 Å². The van der Waals surface area contributed by atoms with E-state index in [1.807, 2.05) is 36.6 Å². The van der Waals surface area contributed by atoms with Crippen LogP contribution in [0.2, 0.25) is 0 Å². The molecule has 2 heterocycles. The van der Waals surface area contributed by atoms with Crippen LogP contribution in [-0.4, -0.2) is 62.1 Å². The molecule has 45 heavy (non-hydrogen) atoms. The molecule has 0 saturated heterocycles. The lowest BCUT2D eigenvalue weighted by Crippen LogP contribution is -2.45. The van der Waals surface area contributed by atoms with Crippen molar-refractivity contribution in [2.24, 2.45) is 5.10 Å². The summed E-state index contributed by atoms with van der Waals surface area (Å²) in [5.41, 5.74) is 7.60. The van der Waals surface area contributed by atoms with Gasteiger partial charge in [0.25, 0.3) is 5.91 Å². The Balaban J connectivity index is 1.40. The molecule has 0 unspecified atom stereocenters. The first kappa shape index (κ1) is 32.3. The van der Waals surface area contributed by atoms with Gasteiger partial charge in [0.05, 0.1) is 44.2 Å². The highest BCUT2D eigenvalue weighted by molar-refractivity contribution is 5.95. The molecule has 1 aliphatic rings. The van der Waals surface area contributed by atoms with Gasteiger partial charge in [-0.2, -0.15) is 5.10 Å². The smallest absolute Gasteiger partial charge is 0.338 e. The number of benzene rings is 2. The first-order valence-electron chi connectivity index (χ1n) is 14.0. The third-order valence-corrected chi connectivity index (χ3v) is 7.05. The van der Waals surface area contributed by atoms with E-state index in [1.165, 1.54) is 14.2 Å². The molecule has 13 nitrogen and oxygen atoms in total. The molecule has 236 valence electrons. The minimum Gasteiger partial charge on any atom is -0.493 e. The number of carbonyl (C=O) groups excluding carboxylic acids is 4. The third kappa shape index (κ3) is 7.32. The summed E-state index contributed by atoms with van der Waals surface area (Å²) in [6.07, 6.45) is 1.54. The van der Waals surface area contributed by atoms with Crippen LogP contribution in [0.15, 0.2) is 64.9 Å². The number of ether oxygens (including phenoxy) is 4. The summed E-state index contributed by atoms with van der Waals surface area (Å²) >= 11 is 0. The fraction of sp³-hybridized carbons (Fsp3) is 0.281. The Morgan fingerprint density at radius 3 is 2.40 bits per heavy atom. The SMILES string of the molecule is CCOC(=O)C1=C(C)NC(=O)N[C@@H]1c1ccc(OCC(=O)N/N=C\c2cc(C)n(-c3ccc(C(=O)OC)cc3)c2C)c(OC)c1. The zero-order valence-electron chi connectivity index (χ0n) is 25.8. The molecular formula is C32H35N5O8. The number of hydrazone groups is 1. The molecule has 0 saturated carbocycles. The first-order valence-corrected chi connectivity index (χ1v) is 14.0. The van der Waals surface area contributed by atoms with Crippen LogP contribution in [0.4, 0.5) is 4.79 Å². The van der Waals surface area contributed by atoms with Gasteiger partial charge in [-0.1, -0.05) is 6.07 Å². The maximum absolute atomic E-state index is 12.6. The summed E-state index contributed by atoms with van der Waals surface area (Å²) in [5.74, 6) is -0.890. The summed E-state index contributed by atoms with van der Waals surface area (Å²) in [6, 6.07) is 12.6. The number of aromatic nitrogens is 1. The second kappa shape index (κ2) is 14.3. The van der Waals surface area contributed by atoms with E-state index in [2.05, 4.69) is 21.2 Å².